The third-order valence-electron chi connectivity index (χ3n) is 3.88. The molecule has 0 bridgehead atoms. The highest BCUT2D eigenvalue weighted by molar-refractivity contribution is 5.98. The molecule has 0 amide bonds. The fraction of sp³-hybridized carbons (Fsp3) is 1.00. The monoisotopic (exact) mass is 166 g/mol. The molecule has 1 N–H and O–H groups in total. The molecule has 3 heteroatoms. The minimum absolute atomic E-state index is 0.0553. The number of aliphatic hydroxyl groups is 1. The molecular weight excluding hydrogens is 151 g/mol. The van der Waals surface area contributed by atoms with Gasteiger partial charge in [0.05, 0.1) is 6.10 Å². The van der Waals surface area contributed by atoms with Crippen LogP contribution in [0.5, 0.6) is 0 Å². The van der Waals surface area contributed by atoms with Crippen molar-refractivity contribution in [3.05, 3.63) is 0 Å². The Morgan fingerprint density at radius 2 is 1.67 bits per heavy atom. The van der Waals surface area contributed by atoms with Crippen molar-refractivity contribution >= 4 is 8.05 Å². The fourth-order valence-electron chi connectivity index (χ4n) is 2.79. The Hall–Kier alpha value is -0.0151. The van der Waals surface area contributed by atoms with Gasteiger partial charge in [-0.3, -0.25) is 0 Å². The maximum absolute atomic E-state index is 9.25. The average Bonchev–Trinajstić information content (AvgIpc) is 2.89. The molecule has 0 aromatic rings. The van der Waals surface area contributed by atoms with Crippen molar-refractivity contribution in [3.8, 4) is 0 Å². The summed E-state index contributed by atoms with van der Waals surface area (Å²) in [5.74, 6) is 3.31. The first-order valence-corrected chi connectivity index (χ1v) is 5.02. The molecule has 0 spiro atoms. The van der Waals surface area contributed by atoms with Crippen molar-refractivity contribution in [2.45, 2.75) is 31.5 Å². The minimum atomic E-state index is 0.0553. The molecule has 3 aliphatic rings. The Kier molecular flexibility index (Phi) is 1.40. The molecule has 66 valence electrons. The van der Waals surface area contributed by atoms with Gasteiger partial charge in [-0.05, 0) is 42.9 Å². The summed E-state index contributed by atoms with van der Waals surface area (Å²) in [5.41, 5.74) is 0. The van der Waals surface area contributed by atoms with E-state index in [-0.39, 0.29) is 6.10 Å². The van der Waals surface area contributed by atoms with Gasteiger partial charge in [-0.15, -0.1) is 0 Å². The van der Waals surface area contributed by atoms with E-state index in [2.05, 4.69) is 0 Å². The van der Waals surface area contributed by atoms with Crippen molar-refractivity contribution < 1.29 is 9.76 Å². The molecule has 3 aliphatic carbocycles. The Morgan fingerprint density at radius 3 is 2.17 bits per heavy atom. The Balaban J connectivity index is 1.50. The van der Waals surface area contributed by atoms with Crippen molar-refractivity contribution in [2.24, 2.45) is 23.7 Å². The number of rotatable bonds is 3. The molecule has 3 saturated carbocycles. The van der Waals surface area contributed by atoms with Crippen LogP contribution in [-0.4, -0.2) is 25.4 Å². The zero-order valence-corrected chi connectivity index (χ0v) is 7.44. The predicted molar refractivity (Wildman–Crippen MR) is 47.2 cm³/mol. The predicted octanol–water partition coefficient (Wildman–Crippen LogP) is -0.0435. The second-order valence-corrected chi connectivity index (χ2v) is 4.70. The number of hydrogen-bond donors (Lipinski definition) is 1. The lowest BCUT2D eigenvalue weighted by atomic mass is 10.1. The fourth-order valence-corrected chi connectivity index (χ4v) is 2.79. The van der Waals surface area contributed by atoms with Gasteiger partial charge < -0.3 is 9.76 Å². The van der Waals surface area contributed by atoms with E-state index in [1.807, 2.05) is 8.05 Å². The van der Waals surface area contributed by atoms with Gasteiger partial charge >= 0.3 is 0 Å². The molecule has 2 nitrogen and oxygen atoms in total. The number of hydrogen-bond acceptors (Lipinski definition) is 2. The van der Waals surface area contributed by atoms with Gasteiger partial charge in [-0.25, -0.2) is 0 Å². The smallest absolute Gasteiger partial charge is 0.257 e. The molecule has 0 aliphatic heterocycles. The quantitative estimate of drug-likeness (QED) is 0.596. The molecule has 12 heavy (non-hydrogen) atoms. The van der Waals surface area contributed by atoms with E-state index in [1.165, 1.54) is 12.8 Å². The van der Waals surface area contributed by atoms with Crippen LogP contribution in [0.1, 0.15) is 19.3 Å². The lowest BCUT2D eigenvalue weighted by Gasteiger charge is -1.96. The highest BCUT2D eigenvalue weighted by Crippen LogP contribution is 2.62. The lowest BCUT2D eigenvalue weighted by molar-refractivity contribution is 0.248. The molecule has 0 heterocycles. The van der Waals surface area contributed by atoms with Crippen LogP contribution in [0.2, 0.25) is 0 Å². The molecule has 0 aromatic carbocycles. The van der Waals surface area contributed by atoms with Crippen LogP contribution >= 0.6 is 0 Å². The minimum Gasteiger partial charge on any atom is -0.441 e. The Bertz CT molecular complexity index is 209. The van der Waals surface area contributed by atoms with E-state index in [0.717, 1.165) is 24.2 Å². The van der Waals surface area contributed by atoms with Crippen LogP contribution in [0.15, 0.2) is 0 Å². The normalized spacial score (nSPS) is 61.4. The van der Waals surface area contributed by atoms with Gasteiger partial charge in [-0.2, -0.15) is 0 Å². The third-order valence-corrected chi connectivity index (χ3v) is 3.88. The van der Waals surface area contributed by atoms with Gasteiger partial charge in [0, 0.05) is 6.10 Å². The lowest BCUT2D eigenvalue weighted by Crippen LogP contribution is -1.97. The van der Waals surface area contributed by atoms with Crippen LogP contribution in [0.3, 0.4) is 0 Å². The molecule has 0 saturated heterocycles. The largest absolute Gasteiger partial charge is 0.441 e. The third kappa shape index (κ3) is 1.03. The van der Waals surface area contributed by atoms with Crippen LogP contribution in [0.25, 0.3) is 0 Å². The van der Waals surface area contributed by atoms with E-state index in [9.17, 15) is 5.11 Å². The first kappa shape index (κ1) is 7.39. The van der Waals surface area contributed by atoms with E-state index < -0.39 is 0 Å². The summed E-state index contributed by atoms with van der Waals surface area (Å²) in [4.78, 5) is 0. The van der Waals surface area contributed by atoms with E-state index in [0.29, 0.717) is 12.0 Å². The molecule has 0 radical (unpaired) electrons. The van der Waals surface area contributed by atoms with Gasteiger partial charge in [0.15, 0.2) is 0 Å². The highest BCUT2D eigenvalue weighted by Gasteiger charge is 2.60. The Morgan fingerprint density at radius 1 is 1.00 bits per heavy atom. The molecule has 6 unspecified atom stereocenters. The summed E-state index contributed by atoms with van der Waals surface area (Å²) >= 11 is 0. The van der Waals surface area contributed by atoms with Gasteiger partial charge in [0.1, 0.15) is 0 Å². The first-order valence-electron chi connectivity index (χ1n) is 5.02. The summed E-state index contributed by atoms with van der Waals surface area (Å²) in [5, 5.41) is 9.25. The molecule has 3 rings (SSSR count). The summed E-state index contributed by atoms with van der Waals surface area (Å²) in [7, 11) is 1.81. The highest BCUT2D eigenvalue weighted by atomic mass is 16.4. The van der Waals surface area contributed by atoms with Crippen LogP contribution in [0, 0.1) is 23.7 Å². The molecule has 3 fully saturated rings. The first-order chi connectivity index (χ1) is 5.81. The molecule has 0 aromatic heterocycles. The maximum atomic E-state index is 9.25. The maximum Gasteiger partial charge on any atom is 0.257 e. The molecular formula is C9H15BO2. The van der Waals surface area contributed by atoms with Gasteiger partial charge in [0.2, 0.25) is 0 Å². The average molecular weight is 166 g/mol. The van der Waals surface area contributed by atoms with Gasteiger partial charge in [-0.1, -0.05) is 0 Å². The molecule has 6 atom stereocenters. The summed E-state index contributed by atoms with van der Waals surface area (Å²) in [6.45, 7) is 0. The van der Waals surface area contributed by atoms with Crippen molar-refractivity contribution in [2.75, 3.05) is 0 Å². The van der Waals surface area contributed by atoms with Crippen molar-refractivity contribution in [1.82, 2.24) is 0 Å². The number of aliphatic hydroxyl groups excluding tert-OH is 1. The second kappa shape index (κ2) is 2.27. The summed E-state index contributed by atoms with van der Waals surface area (Å²) in [6.07, 6.45) is 4.34. The SMILES string of the molecule is BOC1CC1C1CC1C1CC1O. The van der Waals surface area contributed by atoms with Crippen molar-refractivity contribution in [1.29, 1.82) is 0 Å². The van der Waals surface area contributed by atoms with E-state index >= 15 is 0 Å². The van der Waals surface area contributed by atoms with Crippen LogP contribution in [-0.2, 0) is 4.65 Å². The summed E-state index contributed by atoms with van der Waals surface area (Å²) < 4.78 is 5.29. The second-order valence-electron chi connectivity index (χ2n) is 4.70. The zero-order chi connectivity index (χ0) is 8.29. The van der Waals surface area contributed by atoms with E-state index in [4.69, 9.17) is 4.65 Å². The Labute approximate surface area is 73.7 Å². The van der Waals surface area contributed by atoms with Crippen LogP contribution < -0.4 is 0 Å². The van der Waals surface area contributed by atoms with Gasteiger partial charge in [0.25, 0.3) is 8.05 Å². The van der Waals surface area contributed by atoms with E-state index in [1.54, 1.807) is 0 Å². The van der Waals surface area contributed by atoms with Crippen LogP contribution in [0.4, 0.5) is 0 Å². The zero-order valence-electron chi connectivity index (χ0n) is 7.44. The standard InChI is InChI=1S/C9H15BO2/c10-12-9-3-7(9)5-1-4(5)6-2-8(6)11/h4-9,11H,1-3,10H2. The van der Waals surface area contributed by atoms with Crippen molar-refractivity contribution in [3.63, 3.8) is 0 Å². The summed E-state index contributed by atoms with van der Waals surface area (Å²) in [6, 6.07) is 0. The topological polar surface area (TPSA) is 29.5 Å².